The molecule has 0 heterocycles. The Kier molecular flexibility index (Phi) is 5.22. The largest absolute Gasteiger partial charge is 0.353 e. The molecule has 2 N–H and O–H groups in total. The third-order valence-corrected chi connectivity index (χ3v) is 3.90. The van der Waals surface area contributed by atoms with E-state index in [4.69, 9.17) is 0 Å². The summed E-state index contributed by atoms with van der Waals surface area (Å²) in [7, 11) is 0. The summed E-state index contributed by atoms with van der Waals surface area (Å²) in [6.07, 6.45) is 1.95. The lowest BCUT2D eigenvalue weighted by Crippen LogP contribution is -2.30. The second-order valence-electron chi connectivity index (χ2n) is 6.69. The van der Waals surface area contributed by atoms with E-state index in [-0.39, 0.29) is 24.3 Å². The number of carbonyl (C=O) groups excluding carboxylic acids is 2. The quantitative estimate of drug-likeness (QED) is 0.790. The summed E-state index contributed by atoms with van der Waals surface area (Å²) in [6.45, 7) is 8.42. The molecule has 0 bridgehead atoms. The Bertz CT molecular complexity index is 534. The van der Waals surface area contributed by atoms with Gasteiger partial charge in [-0.15, -0.1) is 0 Å². The Balaban J connectivity index is 2.12. The first-order valence-corrected chi connectivity index (χ1v) is 8.10. The summed E-state index contributed by atoms with van der Waals surface area (Å²) < 4.78 is 0. The van der Waals surface area contributed by atoms with Crippen LogP contribution in [0.2, 0.25) is 0 Å². The molecule has 0 saturated heterocycles. The minimum absolute atomic E-state index is 0.111. The zero-order valence-electron chi connectivity index (χ0n) is 13.9. The Morgan fingerprint density at radius 3 is 2.05 bits per heavy atom. The van der Waals surface area contributed by atoms with Crippen molar-refractivity contribution in [2.75, 3.05) is 5.32 Å². The van der Waals surface area contributed by atoms with E-state index < -0.39 is 0 Å². The lowest BCUT2D eigenvalue weighted by Gasteiger charge is -2.20. The summed E-state index contributed by atoms with van der Waals surface area (Å²) in [4.78, 5) is 24.0. The molecule has 1 saturated carbocycles. The van der Waals surface area contributed by atoms with Crippen LogP contribution in [-0.4, -0.2) is 17.9 Å². The van der Waals surface area contributed by atoms with Gasteiger partial charge in [0, 0.05) is 11.7 Å². The molecule has 2 amide bonds. The van der Waals surface area contributed by atoms with Gasteiger partial charge in [0.25, 0.3) is 0 Å². The van der Waals surface area contributed by atoms with Gasteiger partial charge in [0.1, 0.15) is 6.42 Å². The molecule has 0 unspecified atom stereocenters. The minimum atomic E-state index is -0.242. The third-order valence-electron chi connectivity index (χ3n) is 3.90. The van der Waals surface area contributed by atoms with Gasteiger partial charge < -0.3 is 10.6 Å². The molecule has 1 aliphatic rings. The smallest absolute Gasteiger partial charge is 0.233 e. The third kappa shape index (κ3) is 4.33. The topological polar surface area (TPSA) is 58.2 Å². The van der Waals surface area contributed by atoms with Crippen molar-refractivity contribution in [2.24, 2.45) is 0 Å². The normalized spacial score (nSPS) is 14.3. The average molecular weight is 302 g/mol. The highest BCUT2D eigenvalue weighted by Gasteiger charge is 2.24. The highest BCUT2D eigenvalue weighted by Crippen LogP contribution is 2.32. The Morgan fingerprint density at radius 2 is 1.59 bits per heavy atom. The van der Waals surface area contributed by atoms with E-state index >= 15 is 0 Å². The molecule has 22 heavy (non-hydrogen) atoms. The van der Waals surface area contributed by atoms with Crippen LogP contribution in [0.15, 0.2) is 18.2 Å². The first kappa shape index (κ1) is 16.5. The highest BCUT2D eigenvalue weighted by molar-refractivity contribution is 6.04. The molecular weight excluding hydrogens is 276 g/mol. The number of para-hydroxylation sites is 1. The summed E-state index contributed by atoms with van der Waals surface area (Å²) in [5.74, 6) is 0.199. The van der Waals surface area contributed by atoms with Crippen molar-refractivity contribution < 1.29 is 9.59 Å². The maximum absolute atomic E-state index is 12.2. The van der Waals surface area contributed by atoms with Crippen molar-refractivity contribution in [2.45, 2.75) is 64.8 Å². The molecule has 120 valence electrons. The summed E-state index contributed by atoms with van der Waals surface area (Å²) in [5.41, 5.74) is 3.10. The van der Waals surface area contributed by atoms with Crippen LogP contribution >= 0.6 is 0 Å². The zero-order valence-corrected chi connectivity index (χ0v) is 13.9. The van der Waals surface area contributed by atoms with E-state index in [2.05, 4.69) is 38.3 Å². The molecule has 1 fully saturated rings. The lowest BCUT2D eigenvalue weighted by atomic mass is 9.92. The molecule has 0 aliphatic heterocycles. The van der Waals surface area contributed by atoms with Crippen LogP contribution in [0.4, 0.5) is 5.69 Å². The molecule has 1 aliphatic carbocycles. The number of hydrogen-bond donors (Lipinski definition) is 2. The minimum Gasteiger partial charge on any atom is -0.353 e. The van der Waals surface area contributed by atoms with Crippen molar-refractivity contribution in [1.29, 1.82) is 0 Å². The first-order chi connectivity index (χ1) is 10.4. The predicted molar refractivity (Wildman–Crippen MR) is 89.0 cm³/mol. The number of hydrogen-bond acceptors (Lipinski definition) is 2. The molecule has 0 spiro atoms. The maximum Gasteiger partial charge on any atom is 0.233 e. The van der Waals surface area contributed by atoms with Crippen LogP contribution in [0.1, 0.15) is 69.9 Å². The van der Waals surface area contributed by atoms with Crippen LogP contribution < -0.4 is 10.6 Å². The van der Waals surface area contributed by atoms with Gasteiger partial charge in [-0.05, 0) is 35.8 Å². The van der Waals surface area contributed by atoms with E-state index in [1.54, 1.807) is 0 Å². The fourth-order valence-electron chi connectivity index (χ4n) is 2.53. The van der Waals surface area contributed by atoms with Crippen molar-refractivity contribution >= 4 is 17.5 Å². The second kappa shape index (κ2) is 6.95. The van der Waals surface area contributed by atoms with E-state index in [1.165, 1.54) is 0 Å². The lowest BCUT2D eigenvalue weighted by molar-refractivity contribution is -0.126. The van der Waals surface area contributed by atoms with Crippen molar-refractivity contribution in [1.82, 2.24) is 5.32 Å². The highest BCUT2D eigenvalue weighted by atomic mass is 16.2. The van der Waals surface area contributed by atoms with E-state index in [0.717, 1.165) is 29.7 Å². The van der Waals surface area contributed by atoms with Gasteiger partial charge in [-0.25, -0.2) is 0 Å². The van der Waals surface area contributed by atoms with Crippen molar-refractivity contribution in [3.63, 3.8) is 0 Å². The Morgan fingerprint density at radius 1 is 1.05 bits per heavy atom. The number of amides is 2. The average Bonchev–Trinajstić information content (AvgIpc) is 3.21. The molecule has 4 heteroatoms. The van der Waals surface area contributed by atoms with Gasteiger partial charge in [-0.2, -0.15) is 0 Å². The molecule has 2 rings (SSSR count). The molecule has 0 atom stereocenters. The zero-order chi connectivity index (χ0) is 16.3. The number of rotatable bonds is 6. The first-order valence-electron chi connectivity index (χ1n) is 8.10. The van der Waals surface area contributed by atoms with Crippen LogP contribution in [-0.2, 0) is 9.59 Å². The van der Waals surface area contributed by atoms with Gasteiger partial charge in [0.15, 0.2) is 0 Å². The fraction of sp³-hybridized carbons (Fsp3) is 0.556. The Hall–Kier alpha value is -1.84. The van der Waals surface area contributed by atoms with Crippen molar-refractivity contribution in [3.8, 4) is 0 Å². The number of benzene rings is 1. The number of nitrogens with one attached hydrogen (secondary N) is 2. The second-order valence-corrected chi connectivity index (χ2v) is 6.69. The van der Waals surface area contributed by atoms with E-state index in [1.807, 2.05) is 18.2 Å². The molecule has 1 aromatic carbocycles. The molecule has 1 aromatic rings. The fourth-order valence-corrected chi connectivity index (χ4v) is 2.53. The van der Waals surface area contributed by atoms with Crippen LogP contribution in [0.5, 0.6) is 0 Å². The number of anilines is 1. The summed E-state index contributed by atoms with van der Waals surface area (Å²) in [6, 6.07) is 6.39. The SMILES string of the molecule is CC(C)c1cccc(C(C)C)c1NC(=O)CC(=O)NC1CC1. The van der Waals surface area contributed by atoms with Crippen LogP contribution in [0, 0.1) is 0 Å². The maximum atomic E-state index is 12.2. The summed E-state index contributed by atoms with van der Waals surface area (Å²) in [5, 5.41) is 5.81. The Labute approximate surface area is 132 Å². The van der Waals surface area contributed by atoms with Gasteiger partial charge >= 0.3 is 0 Å². The van der Waals surface area contributed by atoms with Crippen LogP contribution in [0.3, 0.4) is 0 Å². The summed E-state index contributed by atoms with van der Waals surface area (Å²) >= 11 is 0. The monoisotopic (exact) mass is 302 g/mol. The standard InChI is InChI=1S/C18H26N2O2/c1-11(2)14-6-5-7-15(12(3)4)18(14)20-17(22)10-16(21)19-13-8-9-13/h5-7,11-13H,8-10H2,1-4H3,(H,19,21)(H,20,22). The molecular formula is C18H26N2O2. The van der Waals surface area contributed by atoms with Gasteiger partial charge in [0.05, 0.1) is 0 Å². The van der Waals surface area contributed by atoms with Crippen molar-refractivity contribution in [3.05, 3.63) is 29.3 Å². The number of carbonyl (C=O) groups is 2. The van der Waals surface area contributed by atoms with Gasteiger partial charge in [-0.3, -0.25) is 9.59 Å². The molecule has 0 radical (unpaired) electrons. The van der Waals surface area contributed by atoms with E-state index in [0.29, 0.717) is 11.8 Å². The van der Waals surface area contributed by atoms with Gasteiger partial charge in [-0.1, -0.05) is 45.9 Å². The molecule has 4 nitrogen and oxygen atoms in total. The molecule has 0 aromatic heterocycles. The predicted octanol–water partition coefficient (Wildman–Crippen LogP) is 3.54. The van der Waals surface area contributed by atoms with E-state index in [9.17, 15) is 9.59 Å². The van der Waals surface area contributed by atoms with Gasteiger partial charge in [0.2, 0.25) is 11.8 Å². The van der Waals surface area contributed by atoms with Crippen LogP contribution in [0.25, 0.3) is 0 Å².